The zero-order chi connectivity index (χ0) is 56.2. The van der Waals surface area contributed by atoms with Crippen LogP contribution in [0.4, 0.5) is 4.79 Å². The van der Waals surface area contributed by atoms with Crippen LogP contribution in [-0.2, 0) is 27.5 Å². The lowest BCUT2D eigenvalue weighted by Gasteiger charge is -2.29. The van der Waals surface area contributed by atoms with Crippen molar-refractivity contribution in [2.24, 2.45) is 44.6 Å². The number of nitrogens with zero attached hydrogens (tertiary/aromatic N) is 9. The number of aliphatic imine (C=N–C) groups is 1. The summed E-state index contributed by atoms with van der Waals surface area (Å²) in [6.45, 7) is 24.9. The SMILES string of the molecule is CC(=O)CN=C(C)C.CC(C)=NN(CC1CCCCC1)C(=O)OC(C)(C)C.CC1=NN(CC2CCCCC2)C(=O)C1.Cc1cc(OCc2cc(C)nn2-c2ccccc2)n(CC2CCCCC2)n1.NCCC1CCCCC1. The summed E-state index contributed by atoms with van der Waals surface area (Å²) < 4.78 is 15.6. The second-order valence-electron chi connectivity index (χ2n) is 23.8. The van der Waals surface area contributed by atoms with Crippen molar-refractivity contribution < 1.29 is 23.9 Å². The van der Waals surface area contributed by atoms with Gasteiger partial charge in [-0.3, -0.25) is 14.6 Å². The third-order valence-electron chi connectivity index (χ3n) is 14.4. The molecule has 2 N–H and O–H groups in total. The van der Waals surface area contributed by atoms with Gasteiger partial charge >= 0.3 is 6.09 Å². The summed E-state index contributed by atoms with van der Waals surface area (Å²) in [4.78, 5) is 37.8. The number of hydrogen-bond acceptors (Lipinski definition) is 11. The molecular formula is C62H102N10O5. The number of hydrogen-bond donors (Lipinski definition) is 1. The van der Waals surface area contributed by atoms with Crippen molar-refractivity contribution in [2.75, 3.05) is 26.2 Å². The van der Waals surface area contributed by atoms with Gasteiger partial charge in [0, 0.05) is 36.3 Å². The number of ketones is 1. The molecule has 4 saturated carbocycles. The lowest BCUT2D eigenvalue weighted by Crippen LogP contribution is -2.37. The first-order valence-electron chi connectivity index (χ1n) is 29.6. The van der Waals surface area contributed by atoms with E-state index in [0.29, 0.717) is 38.0 Å². The largest absolute Gasteiger partial charge is 0.471 e. The Kier molecular flexibility index (Phi) is 29.0. The molecule has 0 unspecified atom stereocenters. The number of nitrogens with two attached hydrogens (primary N) is 1. The second kappa shape index (κ2) is 34.6. The normalized spacial score (nSPS) is 17.4. The molecule has 2 amide bonds. The molecule has 8 rings (SSSR count). The molecule has 0 radical (unpaired) electrons. The minimum atomic E-state index is -0.473. The van der Waals surface area contributed by atoms with Gasteiger partial charge in [-0.15, -0.1) is 0 Å². The lowest BCUT2D eigenvalue weighted by molar-refractivity contribution is -0.129. The van der Waals surface area contributed by atoms with Gasteiger partial charge in [-0.2, -0.15) is 25.4 Å². The van der Waals surface area contributed by atoms with E-state index in [0.717, 1.165) is 77.3 Å². The number of hydrazone groups is 2. The van der Waals surface area contributed by atoms with Crippen LogP contribution < -0.4 is 10.5 Å². The summed E-state index contributed by atoms with van der Waals surface area (Å²) in [5.74, 6) is 4.11. The summed E-state index contributed by atoms with van der Waals surface area (Å²) in [6.07, 6.45) is 28.2. The number of aryl methyl sites for hydroxylation is 2. The van der Waals surface area contributed by atoms with E-state index in [4.69, 9.17) is 15.2 Å². The van der Waals surface area contributed by atoms with Gasteiger partial charge in [-0.1, -0.05) is 108 Å². The van der Waals surface area contributed by atoms with Gasteiger partial charge in [0.05, 0.1) is 42.3 Å². The van der Waals surface area contributed by atoms with Gasteiger partial charge in [-0.05, 0) is 170 Å². The van der Waals surface area contributed by atoms with Gasteiger partial charge in [0.25, 0.3) is 0 Å². The fourth-order valence-corrected chi connectivity index (χ4v) is 10.7. The average Bonchev–Trinajstić information content (AvgIpc) is 4.07. The molecule has 1 aromatic carbocycles. The summed E-state index contributed by atoms with van der Waals surface area (Å²) in [6, 6.07) is 14.3. The zero-order valence-electron chi connectivity index (χ0n) is 49.8. The number of Topliss-reactive ketones (excluding diaryl/α,β-unsaturated/α-hetero) is 1. The Hall–Kier alpha value is -5.18. The molecule has 430 valence electrons. The second-order valence-corrected chi connectivity index (χ2v) is 23.8. The standard InChI is InChI=1S/C22H28N4O.C15H28N2O2.C11H18N2O.C8H17N.C6H11NO/c1-17-13-21(26(24-17)20-11-7-4-8-12-20)16-27-22-14-18(2)23-25(22)15-19-9-5-3-6-10-19;1-12(2)16-17(14(18)19-15(3,4)5)11-13-9-7-6-8-10-13;1-9-7-11(14)13(12-9)8-10-5-3-2-4-6-10;9-7-6-8-4-2-1-3-5-8;1-5(2)7-4-6(3)8/h4,7-8,11-14,19H,3,5-6,9-10,15-16H2,1-2H3;13H,6-11H2,1-5H3;10H,2-8H2,1H3;8H,1-7,9H2;4H2,1-3H3. The Balaban J connectivity index is 0.000000224. The molecule has 4 fully saturated rings. The number of para-hydroxylation sites is 1. The van der Waals surface area contributed by atoms with Crippen molar-refractivity contribution in [3.05, 3.63) is 59.5 Å². The maximum absolute atomic E-state index is 12.2. The number of amides is 2. The van der Waals surface area contributed by atoms with Crippen LogP contribution in [0.25, 0.3) is 5.69 Å². The van der Waals surface area contributed by atoms with E-state index in [9.17, 15) is 14.4 Å². The van der Waals surface area contributed by atoms with Crippen LogP contribution in [-0.4, -0.2) is 96.3 Å². The average molecular weight is 1070 g/mol. The van der Waals surface area contributed by atoms with Gasteiger partial charge < -0.3 is 15.2 Å². The molecular weight excluding hydrogens is 965 g/mol. The van der Waals surface area contributed by atoms with Crippen LogP contribution in [0.1, 0.15) is 221 Å². The third kappa shape index (κ3) is 26.4. The van der Waals surface area contributed by atoms with Crippen molar-refractivity contribution in [1.82, 2.24) is 29.6 Å². The van der Waals surface area contributed by atoms with E-state index in [-0.39, 0.29) is 17.8 Å². The number of benzene rings is 1. The highest BCUT2D eigenvalue weighted by Gasteiger charge is 2.27. The van der Waals surface area contributed by atoms with E-state index < -0.39 is 5.60 Å². The zero-order valence-corrected chi connectivity index (χ0v) is 49.8. The Labute approximate surface area is 464 Å². The molecule has 15 nitrogen and oxygen atoms in total. The monoisotopic (exact) mass is 1070 g/mol. The van der Waals surface area contributed by atoms with Crippen molar-refractivity contribution in [3.8, 4) is 11.6 Å². The molecule has 3 heterocycles. The molecule has 15 heteroatoms. The van der Waals surface area contributed by atoms with Crippen molar-refractivity contribution in [2.45, 2.75) is 236 Å². The van der Waals surface area contributed by atoms with Crippen LogP contribution in [0.2, 0.25) is 0 Å². The van der Waals surface area contributed by atoms with Gasteiger partial charge in [0.15, 0.2) is 5.78 Å². The topological polar surface area (TPSA) is 175 Å². The van der Waals surface area contributed by atoms with Gasteiger partial charge in [0.1, 0.15) is 12.2 Å². The number of ether oxygens (including phenoxy) is 2. The van der Waals surface area contributed by atoms with Crippen LogP contribution >= 0.6 is 0 Å². The molecule has 5 aliphatic rings. The number of aromatic nitrogens is 4. The van der Waals surface area contributed by atoms with Crippen molar-refractivity contribution >= 4 is 34.9 Å². The predicted octanol–water partition coefficient (Wildman–Crippen LogP) is 14.2. The molecule has 0 atom stereocenters. The molecule has 2 aromatic heterocycles. The highest BCUT2D eigenvalue weighted by Crippen LogP contribution is 2.29. The molecule has 4 aliphatic carbocycles. The first kappa shape index (κ1) is 64.3. The van der Waals surface area contributed by atoms with E-state index in [1.165, 1.54) is 147 Å². The fourth-order valence-electron chi connectivity index (χ4n) is 10.7. The van der Waals surface area contributed by atoms with E-state index in [1.54, 1.807) is 5.01 Å². The summed E-state index contributed by atoms with van der Waals surface area (Å²) in [5.41, 5.74) is 11.9. The van der Waals surface area contributed by atoms with E-state index in [2.05, 4.69) is 48.3 Å². The van der Waals surface area contributed by atoms with E-state index >= 15 is 0 Å². The smallest absolute Gasteiger partial charge is 0.430 e. The van der Waals surface area contributed by atoms with Crippen molar-refractivity contribution in [1.29, 1.82) is 0 Å². The quantitative estimate of drug-likeness (QED) is 0.116. The lowest BCUT2D eigenvalue weighted by atomic mass is 9.87. The summed E-state index contributed by atoms with van der Waals surface area (Å²) >= 11 is 0. The van der Waals surface area contributed by atoms with Crippen LogP contribution in [0, 0.1) is 37.5 Å². The summed E-state index contributed by atoms with van der Waals surface area (Å²) in [5, 5.41) is 21.1. The number of rotatable bonds is 15. The number of carbonyl (C=O) groups excluding carboxylic acids is 3. The number of carbonyl (C=O) groups is 3. The van der Waals surface area contributed by atoms with Crippen molar-refractivity contribution in [3.63, 3.8) is 0 Å². The Bertz CT molecular complexity index is 2260. The first-order valence-corrected chi connectivity index (χ1v) is 29.6. The van der Waals surface area contributed by atoms with Crippen LogP contribution in [0.5, 0.6) is 5.88 Å². The molecule has 0 spiro atoms. The van der Waals surface area contributed by atoms with Gasteiger partial charge in [0.2, 0.25) is 11.8 Å². The molecule has 77 heavy (non-hydrogen) atoms. The Morgan fingerprint density at radius 3 is 1.71 bits per heavy atom. The highest BCUT2D eigenvalue weighted by molar-refractivity contribution is 6.03. The minimum absolute atomic E-state index is 0.117. The third-order valence-corrected chi connectivity index (χ3v) is 14.4. The maximum Gasteiger partial charge on any atom is 0.430 e. The van der Waals surface area contributed by atoms with Gasteiger partial charge in [-0.25, -0.2) is 19.2 Å². The molecule has 0 bridgehead atoms. The Morgan fingerprint density at radius 2 is 1.23 bits per heavy atom. The molecule has 3 aromatic rings. The predicted molar refractivity (Wildman–Crippen MR) is 315 cm³/mol. The maximum atomic E-state index is 12.2. The summed E-state index contributed by atoms with van der Waals surface area (Å²) in [7, 11) is 0. The van der Waals surface area contributed by atoms with E-state index in [1.807, 2.05) is 98.2 Å². The first-order chi connectivity index (χ1) is 36.8. The highest BCUT2D eigenvalue weighted by atomic mass is 16.6. The fraction of sp³-hybridized carbons (Fsp3) is 0.710. The van der Waals surface area contributed by atoms with Crippen LogP contribution in [0.15, 0.2) is 57.7 Å². The minimum Gasteiger partial charge on any atom is -0.471 e. The Morgan fingerprint density at radius 1 is 0.701 bits per heavy atom. The molecule has 1 aliphatic heterocycles. The molecule has 0 saturated heterocycles. The van der Waals surface area contributed by atoms with Crippen LogP contribution in [0.3, 0.4) is 0 Å².